The number of nitrogens with zero attached hydrogens (tertiary/aromatic N) is 1. The number of carbonyl (C=O) groups is 4. The Morgan fingerprint density at radius 3 is 2.40 bits per heavy atom. The van der Waals surface area contributed by atoms with E-state index in [1.165, 1.54) is 12.5 Å². The SMILES string of the molecule is O=C(O)C(CS)NC(=O)C(CO)NC(=O)C(Cc1cnc[nH]1)NC(=O)C1CCCN1. The lowest BCUT2D eigenvalue weighted by Gasteiger charge is -2.24. The van der Waals surface area contributed by atoms with Crippen LogP contribution in [0.3, 0.4) is 0 Å². The molecule has 1 aromatic rings. The van der Waals surface area contributed by atoms with Gasteiger partial charge in [0.1, 0.15) is 18.1 Å². The maximum Gasteiger partial charge on any atom is 0.327 e. The predicted octanol–water partition coefficient (Wildman–Crippen LogP) is -2.83. The maximum absolute atomic E-state index is 12.8. The van der Waals surface area contributed by atoms with E-state index in [0.717, 1.165) is 6.42 Å². The number of carboxylic acids is 1. The van der Waals surface area contributed by atoms with Crippen LogP contribution in [0.25, 0.3) is 0 Å². The predicted molar refractivity (Wildman–Crippen MR) is 108 cm³/mol. The molecule has 2 rings (SSSR count). The Labute approximate surface area is 178 Å². The fourth-order valence-electron chi connectivity index (χ4n) is 2.93. The van der Waals surface area contributed by atoms with Crippen LogP contribution in [0.1, 0.15) is 18.5 Å². The molecule has 166 valence electrons. The van der Waals surface area contributed by atoms with E-state index in [1.54, 1.807) is 0 Å². The highest BCUT2D eigenvalue weighted by Gasteiger charge is 2.31. The zero-order chi connectivity index (χ0) is 22.1. The number of rotatable bonds is 11. The van der Waals surface area contributed by atoms with Crippen molar-refractivity contribution in [1.82, 2.24) is 31.2 Å². The summed E-state index contributed by atoms with van der Waals surface area (Å²) in [6.45, 7) is -0.0521. The van der Waals surface area contributed by atoms with Crippen molar-refractivity contribution in [3.8, 4) is 0 Å². The van der Waals surface area contributed by atoms with Gasteiger partial charge in [-0.1, -0.05) is 0 Å². The first kappa shape index (κ1) is 23.6. The molecule has 12 nitrogen and oxygen atoms in total. The molecule has 1 fully saturated rings. The first-order valence-electron chi connectivity index (χ1n) is 9.42. The number of thiol groups is 1. The van der Waals surface area contributed by atoms with Crippen molar-refractivity contribution in [3.63, 3.8) is 0 Å². The summed E-state index contributed by atoms with van der Waals surface area (Å²) in [4.78, 5) is 55.3. The fourth-order valence-corrected chi connectivity index (χ4v) is 3.18. The van der Waals surface area contributed by atoms with Crippen LogP contribution in [0, 0.1) is 0 Å². The van der Waals surface area contributed by atoms with Crippen molar-refractivity contribution in [2.24, 2.45) is 0 Å². The lowest BCUT2D eigenvalue weighted by atomic mass is 10.1. The lowest BCUT2D eigenvalue weighted by molar-refractivity contribution is -0.142. The van der Waals surface area contributed by atoms with E-state index in [4.69, 9.17) is 5.11 Å². The van der Waals surface area contributed by atoms with E-state index in [0.29, 0.717) is 18.7 Å². The lowest BCUT2D eigenvalue weighted by Crippen LogP contribution is -2.58. The number of H-pyrrole nitrogens is 1. The summed E-state index contributed by atoms with van der Waals surface area (Å²) in [6.07, 6.45) is 4.50. The summed E-state index contributed by atoms with van der Waals surface area (Å²) in [5.41, 5.74) is 0.584. The number of aliphatic hydroxyl groups excluding tert-OH is 1. The maximum atomic E-state index is 12.8. The minimum absolute atomic E-state index is 0.0818. The van der Waals surface area contributed by atoms with E-state index < -0.39 is 48.6 Å². The van der Waals surface area contributed by atoms with Gasteiger partial charge in [-0.15, -0.1) is 0 Å². The van der Waals surface area contributed by atoms with Gasteiger partial charge in [-0.25, -0.2) is 9.78 Å². The molecule has 30 heavy (non-hydrogen) atoms. The van der Waals surface area contributed by atoms with Crippen molar-refractivity contribution in [2.45, 2.75) is 43.4 Å². The molecular weight excluding hydrogens is 416 g/mol. The minimum Gasteiger partial charge on any atom is -0.480 e. The largest absolute Gasteiger partial charge is 0.480 e. The molecule has 0 aliphatic carbocycles. The summed E-state index contributed by atoms with van der Waals surface area (Å²) in [5.74, 6) is -3.40. The third kappa shape index (κ3) is 6.71. The topological polar surface area (TPSA) is 186 Å². The van der Waals surface area contributed by atoms with Gasteiger partial charge in [0.2, 0.25) is 17.7 Å². The van der Waals surface area contributed by atoms with Crippen LogP contribution in [0.15, 0.2) is 12.5 Å². The number of nitrogens with one attached hydrogen (secondary N) is 5. The molecule has 3 amide bonds. The smallest absolute Gasteiger partial charge is 0.327 e. The van der Waals surface area contributed by atoms with Crippen LogP contribution in [0.2, 0.25) is 0 Å². The highest BCUT2D eigenvalue weighted by atomic mass is 32.1. The molecule has 1 aromatic heterocycles. The van der Waals surface area contributed by atoms with E-state index in [9.17, 15) is 24.3 Å². The van der Waals surface area contributed by atoms with E-state index >= 15 is 0 Å². The van der Waals surface area contributed by atoms with E-state index in [-0.39, 0.29) is 18.1 Å². The average Bonchev–Trinajstić information content (AvgIpc) is 3.43. The third-order valence-electron chi connectivity index (χ3n) is 4.60. The number of aromatic nitrogens is 2. The van der Waals surface area contributed by atoms with Gasteiger partial charge in [0.05, 0.1) is 19.0 Å². The zero-order valence-electron chi connectivity index (χ0n) is 16.1. The van der Waals surface area contributed by atoms with Crippen LogP contribution < -0.4 is 21.3 Å². The van der Waals surface area contributed by atoms with Crippen molar-refractivity contribution >= 4 is 36.3 Å². The second-order valence-corrected chi connectivity index (χ2v) is 7.18. The zero-order valence-corrected chi connectivity index (χ0v) is 17.0. The second kappa shape index (κ2) is 11.5. The summed E-state index contributed by atoms with van der Waals surface area (Å²) in [5, 5.41) is 28.8. The Morgan fingerprint density at radius 2 is 1.87 bits per heavy atom. The normalized spacial score (nSPS) is 18.8. The molecule has 0 aromatic carbocycles. The highest BCUT2D eigenvalue weighted by molar-refractivity contribution is 7.80. The quantitative estimate of drug-likeness (QED) is 0.168. The summed E-state index contributed by atoms with van der Waals surface area (Å²) in [7, 11) is 0. The Hall–Kier alpha value is -2.64. The molecule has 0 saturated carbocycles. The van der Waals surface area contributed by atoms with Gasteiger partial charge in [0.25, 0.3) is 0 Å². The van der Waals surface area contributed by atoms with Crippen molar-refractivity contribution in [2.75, 3.05) is 18.9 Å². The molecule has 1 aliphatic heterocycles. The highest BCUT2D eigenvalue weighted by Crippen LogP contribution is 2.07. The van der Waals surface area contributed by atoms with Crippen LogP contribution in [-0.4, -0.2) is 86.9 Å². The number of imidazole rings is 1. The molecule has 0 radical (unpaired) electrons. The number of carboxylic acid groups (broad SMARTS) is 1. The summed E-state index contributed by atoms with van der Waals surface area (Å²) in [6, 6.07) is -4.13. The monoisotopic (exact) mass is 442 g/mol. The third-order valence-corrected chi connectivity index (χ3v) is 4.97. The van der Waals surface area contributed by atoms with Crippen LogP contribution in [0.4, 0.5) is 0 Å². The van der Waals surface area contributed by atoms with Crippen molar-refractivity contribution in [3.05, 3.63) is 18.2 Å². The molecule has 13 heteroatoms. The van der Waals surface area contributed by atoms with Crippen LogP contribution in [-0.2, 0) is 25.6 Å². The number of hydrogen-bond donors (Lipinski definition) is 8. The van der Waals surface area contributed by atoms with Gasteiger partial charge in [-0.3, -0.25) is 14.4 Å². The Morgan fingerprint density at radius 1 is 1.17 bits per heavy atom. The number of aromatic amines is 1. The molecule has 4 atom stereocenters. The molecule has 4 unspecified atom stereocenters. The number of aliphatic hydroxyl groups is 1. The Bertz CT molecular complexity index is 739. The van der Waals surface area contributed by atoms with Crippen LogP contribution in [0.5, 0.6) is 0 Å². The average molecular weight is 442 g/mol. The number of hydrogen-bond acceptors (Lipinski definition) is 8. The van der Waals surface area contributed by atoms with E-state index in [2.05, 4.69) is 43.9 Å². The molecule has 1 aliphatic rings. The fraction of sp³-hybridized carbons (Fsp3) is 0.588. The van der Waals surface area contributed by atoms with Gasteiger partial charge < -0.3 is 36.5 Å². The van der Waals surface area contributed by atoms with Gasteiger partial charge in [0.15, 0.2) is 0 Å². The Kier molecular flexibility index (Phi) is 9.08. The van der Waals surface area contributed by atoms with Crippen molar-refractivity contribution in [1.29, 1.82) is 0 Å². The standard InChI is InChI=1S/C17H26N6O6S/c24-6-12(16(27)23-13(7-30)17(28)29)22-15(26)11(4-9-5-18-8-20-9)21-14(25)10-2-1-3-19-10/h5,8,10-13,19,24,30H,1-4,6-7H2,(H,18,20)(H,21,25)(H,22,26)(H,23,27)(H,28,29). The summed E-state index contributed by atoms with van der Waals surface area (Å²) < 4.78 is 0. The minimum atomic E-state index is -1.40. The molecule has 0 bridgehead atoms. The molecule has 2 heterocycles. The first-order chi connectivity index (χ1) is 14.3. The summed E-state index contributed by atoms with van der Waals surface area (Å²) >= 11 is 3.85. The first-order valence-corrected chi connectivity index (χ1v) is 10.0. The number of amides is 3. The van der Waals surface area contributed by atoms with Gasteiger partial charge >= 0.3 is 5.97 Å². The van der Waals surface area contributed by atoms with Crippen molar-refractivity contribution < 1.29 is 29.4 Å². The van der Waals surface area contributed by atoms with Gasteiger partial charge in [-0.2, -0.15) is 12.6 Å². The number of aliphatic carboxylic acids is 1. The van der Waals surface area contributed by atoms with Gasteiger partial charge in [0, 0.05) is 24.1 Å². The van der Waals surface area contributed by atoms with E-state index in [1.807, 2.05) is 0 Å². The van der Waals surface area contributed by atoms with Gasteiger partial charge in [-0.05, 0) is 19.4 Å². The molecule has 1 saturated heterocycles. The molecular formula is C17H26N6O6S. The molecule has 7 N–H and O–H groups in total. The second-order valence-electron chi connectivity index (χ2n) is 6.82. The van der Waals surface area contributed by atoms with Crippen LogP contribution >= 0.6 is 12.6 Å². The Balaban J connectivity index is 2.05. The molecule has 0 spiro atoms. The number of carbonyl (C=O) groups excluding carboxylic acids is 3.